The number of piperidine rings is 1. The zero-order chi connectivity index (χ0) is 18.4. The Hall–Kier alpha value is -1.11. The van der Waals surface area contributed by atoms with Gasteiger partial charge in [-0.25, -0.2) is 0 Å². The van der Waals surface area contributed by atoms with Crippen molar-refractivity contribution >= 4 is 33.3 Å². The molecule has 4 nitrogen and oxygen atoms in total. The van der Waals surface area contributed by atoms with Gasteiger partial charge in [-0.15, -0.1) is 0 Å². The van der Waals surface area contributed by atoms with Crippen molar-refractivity contribution in [1.82, 2.24) is 5.32 Å². The van der Waals surface area contributed by atoms with E-state index in [4.69, 9.17) is 27.8 Å². The number of aryl methyl sites for hydroxylation is 1. The molecular weight excluding hydrogens is 381 g/mol. The van der Waals surface area contributed by atoms with Crippen LogP contribution in [0.5, 0.6) is 0 Å². The van der Waals surface area contributed by atoms with Crippen LogP contribution in [0.1, 0.15) is 29.9 Å². The molecule has 2 N–H and O–H groups in total. The molecule has 1 aliphatic heterocycles. The van der Waals surface area contributed by atoms with E-state index in [2.05, 4.69) is 5.32 Å². The van der Waals surface area contributed by atoms with Crippen LogP contribution in [-0.2, 0) is 10.1 Å². The quantitative estimate of drug-likeness (QED) is 0.715. The second-order valence-electron chi connectivity index (χ2n) is 6.02. The molecule has 25 heavy (non-hydrogen) atoms. The lowest BCUT2D eigenvalue weighted by Crippen LogP contribution is -2.26. The highest BCUT2D eigenvalue weighted by molar-refractivity contribution is 7.85. The average molecular weight is 402 g/mol. The summed E-state index contributed by atoms with van der Waals surface area (Å²) in [6.45, 7) is 4.03. The fourth-order valence-electron chi connectivity index (χ4n) is 2.68. The van der Waals surface area contributed by atoms with Crippen LogP contribution in [-0.4, -0.2) is 26.1 Å². The van der Waals surface area contributed by atoms with Gasteiger partial charge in [0.05, 0.1) is 4.90 Å². The molecule has 1 aliphatic rings. The van der Waals surface area contributed by atoms with Crippen molar-refractivity contribution < 1.29 is 13.0 Å². The molecule has 2 aromatic carbocycles. The third kappa shape index (κ3) is 6.60. The van der Waals surface area contributed by atoms with Crippen LogP contribution in [0.3, 0.4) is 0 Å². The van der Waals surface area contributed by atoms with Gasteiger partial charge in [0.1, 0.15) is 0 Å². The number of halogens is 2. The molecular formula is C18H21Cl2NO3S. The molecule has 0 atom stereocenters. The van der Waals surface area contributed by atoms with Crippen LogP contribution >= 0.6 is 23.2 Å². The van der Waals surface area contributed by atoms with Crippen LogP contribution < -0.4 is 5.32 Å². The van der Waals surface area contributed by atoms with E-state index in [9.17, 15) is 8.42 Å². The van der Waals surface area contributed by atoms with Crippen LogP contribution in [0.4, 0.5) is 0 Å². The molecule has 0 saturated carbocycles. The minimum absolute atomic E-state index is 0.0666. The minimum atomic E-state index is -4.02. The maximum atomic E-state index is 10.5. The lowest BCUT2D eigenvalue weighted by molar-refractivity contribution is 0.460. The van der Waals surface area contributed by atoms with E-state index in [0.717, 1.165) is 28.7 Å². The van der Waals surface area contributed by atoms with Gasteiger partial charge in [-0.05, 0) is 74.7 Å². The summed E-state index contributed by atoms with van der Waals surface area (Å²) in [7, 11) is -4.02. The topological polar surface area (TPSA) is 66.4 Å². The molecule has 1 saturated heterocycles. The first-order valence-corrected chi connectivity index (χ1v) is 10.2. The highest BCUT2D eigenvalue weighted by Crippen LogP contribution is 2.29. The summed E-state index contributed by atoms with van der Waals surface area (Å²) in [6, 6.07) is 11.8. The van der Waals surface area contributed by atoms with Crippen molar-refractivity contribution in [3.63, 3.8) is 0 Å². The van der Waals surface area contributed by atoms with Gasteiger partial charge in [-0.2, -0.15) is 8.42 Å². The standard InChI is InChI=1S/C11H13Cl2N.C7H8O3S/c12-10-5-9(6-11(13)7-10)8-1-3-14-4-2-8;1-6-2-4-7(5-3-6)11(8,9)10/h5-8,14H,1-4H2;2-5H,1H3,(H,8,9,10). The van der Waals surface area contributed by atoms with E-state index in [1.807, 2.05) is 19.1 Å². The molecule has 0 bridgehead atoms. The van der Waals surface area contributed by atoms with Crippen molar-refractivity contribution in [3.05, 3.63) is 63.6 Å². The van der Waals surface area contributed by atoms with Gasteiger partial charge in [-0.3, -0.25) is 4.55 Å². The van der Waals surface area contributed by atoms with Crippen LogP contribution in [0.15, 0.2) is 47.4 Å². The SMILES string of the molecule is Cc1ccc(S(=O)(=O)O)cc1.Clc1cc(Cl)cc(C2CCNCC2)c1. The predicted octanol–water partition coefficient (Wildman–Crippen LogP) is 4.70. The van der Waals surface area contributed by atoms with E-state index in [0.29, 0.717) is 5.92 Å². The van der Waals surface area contributed by atoms with Gasteiger partial charge in [0.2, 0.25) is 0 Å². The summed E-state index contributed by atoms with van der Waals surface area (Å²) in [5.41, 5.74) is 2.24. The number of nitrogens with one attached hydrogen (secondary N) is 1. The average Bonchev–Trinajstić information content (AvgIpc) is 2.55. The van der Waals surface area contributed by atoms with E-state index in [1.54, 1.807) is 18.2 Å². The minimum Gasteiger partial charge on any atom is -0.317 e. The largest absolute Gasteiger partial charge is 0.317 e. The van der Waals surface area contributed by atoms with Crippen LogP contribution in [0, 0.1) is 6.92 Å². The highest BCUT2D eigenvalue weighted by Gasteiger charge is 2.15. The Morgan fingerprint density at radius 3 is 2.00 bits per heavy atom. The first kappa shape index (κ1) is 20.2. The summed E-state index contributed by atoms with van der Waals surface area (Å²) in [4.78, 5) is -0.0666. The summed E-state index contributed by atoms with van der Waals surface area (Å²) in [6.07, 6.45) is 2.35. The molecule has 3 rings (SSSR count). The zero-order valence-corrected chi connectivity index (χ0v) is 16.2. The first-order chi connectivity index (χ1) is 11.8. The Morgan fingerprint density at radius 1 is 1.00 bits per heavy atom. The summed E-state index contributed by atoms with van der Waals surface area (Å²) in [5, 5.41) is 4.83. The van der Waals surface area contributed by atoms with Gasteiger partial charge < -0.3 is 5.32 Å². The van der Waals surface area contributed by atoms with E-state index < -0.39 is 10.1 Å². The lowest BCUT2D eigenvalue weighted by Gasteiger charge is -2.23. The summed E-state index contributed by atoms with van der Waals surface area (Å²) in [5.74, 6) is 0.618. The van der Waals surface area contributed by atoms with Gasteiger partial charge in [0.15, 0.2) is 0 Å². The number of benzene rings is 2. The maximum Gasteiger partial charge on any atom is 0.294 e. The Labute approximate surface area is 158 Å². The smallest absolute Gasteiger partial charge is 0.294 e. The van der Waals surface area contributed by atoms with Crippen molar-refractivity contribution in [1.29, 1.82) is 0 Å². The number of rotatable bonds is 2. The third-order valence-electron chi connectivity index (χ3n) is 4.01. The molecule has 0 aliphatic carbocycles. The molecule has 0 radical (unpaired) electrons. The van der Waals surface area contributed by atoms with Gasteiger partial charge in [0.25, 0.3) is 10.1 Å². The van der Waals surface area contributed by atoms with Crippen molar-refractivity contribution in [3.8, 4) is 0 Å². The molecule has 0 aromatic heterocycles. The van der Waals surface area contributed by atoms with E-state index >= 15 is 0 Å². The molecule has 2 aromatic rings. The van der Waals surface area contributed by atoms with Crippen molar-refractivity contribution in [2.45, 2.75) is 30.6 Å². The van der Waals surface area contributed by atoms with Gasteiger partial charge >= 0.3 is 0 Å². The Morgan fingerprint density at radius 2 is 1.52 bits per heavy atom. The fourth-order valence-corrected chi connectivity index (χ4v) is 3.70. The monoisotopic (exact) mass is 401 g/mol. The molecule has 0 unspecified atom stereocenters. The molecule has 1 heterocycles. The first-order valence-electron chi connectivity index (χ1n) is 7.96. The summed E-state index contributed by atoms with van der Waals surface area (Å²) < 4.78 is 29.6. The molecule has 1 fully saturated rings. The van der Waals surface area contributed by atoms with E-state index in [-0.39, 0.29) is 4.90 Å². The molecule has 0 spiro atoms. The maximum absolute atomic E-state index is 10.5. The zero-order valence-electron chi connectivity index (χ0n) is 13.9. The second-order valence-corrected chi connectivity index (χ2v) is 8.31. The Balaban J connectivity index is 0.000000186. The van der Waals surface area contributed by atoms with Gasteiger partial charge in [0, 0.05) is 10.0 Å². The molecule has 136 valence electrons. The Bertz CT molecular complexity index is 781. The second kappa shape index (κ2) is 9.01. The lowest BCUT2D eigenvalue weighted by atomic mass is 9.90. The normalized spacial score (nSPS) is 15.4. The Kier molecular flexibility index (Phi) is 7.28. The fraction of sp³-hybridized carbons (Fsp3) is 0.333. The van der Waals surface area contributed by atoms with Crippen LogP contribution in [0.2, 0.25) is 10.0 Å². The molecule has 7 heteroatoms. The van der Waals surface area contributed by atoms with Gasteiger partial charge in [-0.1, -0.05) is 40.9 Å². The third-order valence-corrected chi connectivity index (χ3v) is 5.32. The van der Waals surface area contributed by atoms with Crippen LogP contribution in [0.25, 0.3) is 0 Å². The van der Waals surface area contributed by atoms with Crippen molar-refractivity contribution in [2.24, 2.45) is 0 Å². The highest BCUT2D eigenvalue weighted by atomic mass is 35.5. The number of hydrogen-bond donors (Lipinski definition) is 2. The molecule has 0 amide bonds. The predicted molar refractivity (Wildman–Crippen MR) is 102 cm³/mol. The summed E-state index contributed by atoms with van der Waals surface area (Å²) >= 11 is 11.9. The van der Waals surface area contributed by atoms with Crippen molar-refractivity contribution in [2.75, 3.05) is 13.1 Å². The van der Waals surface area contributed by atoms with E-state index in [1.165, 1.54) is 30.5 Å². The number of hydrogen-bond acceptors (Lipinski definition) is 3.